The van der Waals surface area contributed by atoms with Crippen LogP contribution >= 0.6 is 12.4 Å². The maximum absolute atomic E-state index is 11.7. The molecule has 100 valence electrons. The Morgan fingerprint density at radius 2 is 1.71 bits per heavy atom. The zero-order chi connectivity index (χ0) is 11.2. The van der Waals surface area contributed by atoms with Crippen LogP contribution in [0.25, 0.3) is 0 Å². The van der Waals surface area contributed by atoms with Gasteiger partial charge in [0, 0.05) is 32.0 Å². The normalized spacial score (nSPS) is 22.1. The van der Waals surface area contributed by atoms with E-state index in [-0.39, 0.29) is 18.3 Å². The number of rotatable bonds is 4. The standard InChI is InChI=1S/C13H24N2O.ClH/c16-13(15-10-12-8-14-9-12)7-11-5-3-1-2-4-6-11;/h11-12,14H,1-10H2,(H,15,16);1H. The van der Waals surface area contributed by atoms with Crippen LogP contribution in [-0.4, -0.2) is 25.5 Å². The molecule has 0 bridgehead atoms. The summed E-state index contributed by atoms with van der Waals surface area (Å²) in [5, 5.41) is 6.30. The Balaban J connectivity index is 0.00000144. The molecule has 2 aliphatic rings. The minimum absolute atomic E-state index is 0. The summed E-state index contributed by atoms with van der Waals surface area (Å²) in [6.45, 7) is 3.02. The van der Waals surface area contributed by atoms with Crippen LogP contribution in [0.3, 0.4) is 0 Å². The zero-order valence-corrected chi connectivity index (χ0v) is 11.4. The van der Waals surface area contributed by atoms with E-state index in [1.807, 2.05) is 0 Å². The molecule has 0 spiro atoms. The maximum Gasteiger partial charge on any atom is 0.220 e. The SMILES string of the molecule is Cl.O=C(CC1CCCCCC1)NCC1CNC1. The van der Waals surface area contributed by atoms with Gasteiger partial charge in [0.1, 0.15) is 0 Å². The molecule has 0 aromatic carbocycles. The van der Waals surface area contributed by atoms with Crippen LogP contribution < -0.4 is 10.6 Å². The molecule has 0 aromatic rings. The average Bonchev–Trinajstić information content (AvgIpc) is 2.44. The molecule has 2 rings (SSSR count). The highest BCUT2D eigenvalue weighted by Gasteiger charge is 2.19. The lowest BCUT2D eigenvalue weighted by atomic mass is 9.96. The van der Waals surface area contributed by atoms with Crippen LogP contribution in [0.4, 0.5) is 0 Å². The number of halogens is 1. The highest BCUT2D eigenvalue weighted by Crippen LogP contribution is 2.25. The van der Waals surface area contributed by atoms with Crippen LogP contribution in [0.2, 0.25) is 0 Å². The van der Waals surface area contributed by atoms with Crippen molar-refractivity contribution in [2.45, 2.75) is 44.9 Å². The summed E-state index contributed by atoms with van der Waals surface area (Å²) in [7, 11) is 0. The fourth-order valence-corrected chi connectivity index (χ4v) is 2.65. The summed E-state index contributed by atoms with van der Waals surface area (Å²) >= 11 is 0. The Bertz CT molecular complexity index is 223. The van der Waals surface area contributed by atoms with Crippen molar-refractivity contribution in [1.82, 2.24) is 10.6 Å². The Morgan fingerprint density at radius 1 is 1.06 bits per heavy atom. The molecule has 0 aromatic heterocycles. The largest absolute Gasteiger partial charge is 0.356 e. The van der Waals surface area contributed by atoms with E-state index < -0.39 is 0 Å². The fraction of sp³-hybridized carbons (Fsp3) is 0.923. The molecule has 2 fully saturated rings. The van der Waals surface area contributed by atoms with E-state index in [0.29, 0.717) is 11.8 Å². The highest BCUT2D eigenvalue weighted by atomic mass is 35.5. The molecule has 1 aliphatic carbocycles. The predicted molar refractivity (Wildman–Crippen MR) is 72.4 cm³/mol. The van der Waals surface area contributed by atoms with Gasteiger partial charge in [0.25, 0.3) is 0 Å². The van der Waals surface area contributed by atoms with Crippen molar-refractivity contribution in [2.75, 3.05) is 19.6 Å². The molecule has 3 nitrogen and oxygen atoms in total. The smallest absolute Gasteiger partial charge is 0.220 e. The second-order valence-corrected chi connectivity index (χ2v) is 5.39. The van der Waals surface area contributed by atoms with Crippen LogP contribution in [0.5, 0.6) is 0 Å². The second kappa shape index (κ2) is 7.93. The molecule has 0 atom stereocenters. The van der Waals surface area contributed by atoms with Crippen molar-refractivity contribution in [3.05, 3.63) is 0 Å². The van der Waals surface area contributed by atoms with E-state index in [1.165, 1.54) is 38.5 Å². The van der Waals surface area contributed by atoms with Gasteiger partial charge in [0.2, 0.25) is 5.91 Å². The summed E-state index contributed by atoms with van der Waals surface area (Å²) < 4.78 is 0. The summed E-state index contributed by atoms with van der Waals surface area (Å²) in [5.74, 6) is 1.61. The Morgan fingerprint density at radius 3 is 2.24 bits per heavy atom. The zero-order valence-electron chi connectivity index (χ0n) is 10.5. The molecule has 1 saturated heterocycles. The first-order chi connectivity index (χ1) is 7.84. The molecule has 0 unspecified atom stereocenters. The lowest BCUT2D eigenvalue weighted by Gasteiger charge is -2.27. The van der Waals surface area contributed by atoms with E-state index in [4.69, 9.17) is 0 Å². The van der Waals surface area contributed by atoms with Crippen molar-refractivity contribution >= 4 is 18.3 Å². The summed E-state index contributed by atoms with van der Waals surface area (Å²) in [6.07, 6.45) is 8.67. The predicted octanol–water partition coefficient (Wildman–Crippen LogP) is 2.10. The molecule has 17 heavy (non-hydrogen) atoms. The van der Waals surface area contributed by atoms with Crippen molar-refractivity contribution in [3.63, 3.8) is 0 Å². The van der Waals surface area contributed by atoms with E-state index in [0.717, 1.165) is 26.1 Å². The molecule has 1 saturated carbocycles. The first-order valence-electron chi connectivity index (χ1n) is 6.82. The van der Waals surface area contributed by atoms with Gasteiger partial charge in [-0.2, -0.15) is 0 Å². The molecule has 1 amide bonds. The molecule has 0 radical (unpaired) electrons. The van der Waals surface area contributed by atoms with Gasteiger partial charge in [0.05, 0.1) is 0 Å². The molecule has 4 heteroatoms. The maximum atomic E-state index is 11.7. The monoisotopic (exact) mass is 260 g/mol. The van der Waals surface area contributed by atoms with Gasteiger partial charge in [0.15, 0.2) is 0 Å². The van der Waals surface area contributed by atoms with Crippen molar-refractivity contribution in [1.29, 1.82) is 0 Å². The van der Waals surface area contributed by atoms with E-state index in [9.17, 15) is 4.79 Å². The lowest BCUT2D eigenvalue weighted by Crippen LogP contribution is -2.48. The lowest BCUT2D eigenvalue weighted by molar-refractivity contribution is -0.122. The highest BCUT2D eigenvalue weighted by molar-refractivity contribution is 5.85. The van der Waals surface area contributed by atoms with E-state index >= 15 is 0 Å². The number of carbonyl (C=O) groups excluding carboxylic acids is 1. The van der Waals surface area contributed by atoms with Crippen molar-refractivity contribution < 1.29 is 4.79 Å². The van der Waals surface area contributed by atoms with Gasteiger partial charge in [-0.3, -0.25) is 4.79 Å². The second-order valence-electron chi connectivity index (χ2n) is 5.39. The van der Waals surface area contributed by atoms with Gasteiger partial charge in [-0.05, 0) is 18.8 Å². The molecule has 1 aliphatic heterocycles. The van der Waals surface area contributed by atoms with Crippen LogP contribution in [0, 0.1) is 11.8 Å². The van der Waals surface area contributed by atoms with Gasteiger partial charge in [-0.1, -0.05) is 25.7 Å². The third-order valence-corrected chi connectivity index (χ3v) is 3.90. The van der Waals surface area contributed by atoms with Gasteiger partial charge in [-0.25, -0.2) is 0 Å². The van der Waals surface area contributed by atoms with Crippen LogP contribution in [-0.2, 0) is 4.79 Å². The Labute approximate surface area is 111 Å². The van der Waals surface area contributed by atoms with E-state index in [1.54, 1.807) is 0 Å². The molecular weight excluding hydrogens is 236 g/mol. The van der Waals surface area contributed by atoms with Crippen molar-refractivity contribution in [3.8, 4) is 0 Å². The first-order valence-corrected chi connectivity index (χ1v) is 6.82. The Hall–Kier alpha value is -0.280. The summed E-state index contributed by atoms with van der Waals surface area (Å²) in [5.41, 5.74) is 0. The number of amides is 1. The molecule has 1 heterocycles. The fourth-order valence-electron chi connectivity index (χ4n) is 2.65. The minimum Gasteiger partial charge on any atom is -0.356 e. The van der Waals surface area contributed by atoms with E-state index in [2.05, 4.69) is 10.6 Å². The van der Waals surface area contributed by atoms with Gasteiger partial charge >= 0.3 is 0 Å². The number of hydrogen-bond acceptors (Lipinski definition) is 2. The number of nitrogens with one attached hydrogen (secondary N) is 2. The van der Waals surface area contributed by atoms with Gasteiger partial charge in [-0.15, -0.1) is 12.4 Å². The number of carbonyl (C=O) groups is 1. The van der Waals surface area contributed by atoms with Crippen LogP contribution in [0.15, 0.2) is 0 Å². The average molecular weight is 261 g/mol. The molecular formula is C13H25ClN2O. The quantitative estimate of drug-likeness (QED) is 0.760. The van der Waals surface area contributed by atoms with Gasteiger partial charge < -0.3 is 10.6 Å². The number of hydrogen-bond donors (Lipinski definition) is 2. The topological polar surface area (TPSA) is 41.1 Å². The minimum atomic E-state index is 0. The molecule has 2 N–H and O–H groups in total. The van der Waals surface area contributed by atoms with Crippen molar-refractivity contribution in [2.24, 2.45) is 11.8 Å². The summed E-state index contributed by atoms with van der Waals surface area (Å²) in [4.78, 5) is 11.7. The summed E-state index contributed by atoms with van der Waals surface area (Å²) in [6, 6.07) is 0. The first kappa shape index (κ1) is 14.8. The third-order valence-electron chi connectivity index (χ3n) is 3.90. The third kappa shape index (κ3) is 5.26. The Kier molecular flexibility index (Phi) is 6.90. The van der Waals surface area contributed by atoms with Crippen LogP contribution in [0.1, 0.15) is 44.9 Å².